The van der Waals surface area contributed by atoms with Gasteiger partial charge in [0, 0.05) is 32.6 Å². The van der Waals surface area contributed by atoms with E-state index >= 15 is 0 Å². The zero-order valence-corrected chi connectivity index (χ0v) is 17.9. The molecule has 4 N–H and O–H groups in total. The Hall–Kier alpha value is -3.84. The Bertz CT molecular complexity index is 1210. The largest absolute Gasteiger partial charge is 0.491 e. The number of hydrogen-bond acceptors (Lipinski definition) is 6. The summed E-state index contributed by atoms with van der Waals surface area (Å²) in [5.41, 5.74) is 4.72. The van der Waals surface area contributed by atoms with Gasteiger partial charge in [0.2, 0.25) is 5.60 Å². The molecular weight excluding hydrogens is 414 g/mol. The lowest BCUT2D eigenvalue weighted by Gasteiger charge is -2.15. The Morgan fingerprint density at radius 3 is 2.78 bits per heavy atom. The number of carbonyl (C=O) groups is 3. The number of fused-ring (bicyclic) bond motifs is 3. The number of likely N-dealkylation sites (tertiary alicyclic amines) is 1. The zero-order chi connectivity index (χ0) is 23.2. The first-order valence-corrected chi connectivity index (χ1v) is 10.1. The first-order valence-electron chi connectivity index (χ1n) is 10.1. The van der Waals surface area contributed by atoms with E-state index in [1.807, 2.05) is 6.92 Å². The maximum absolute atomic E-state index is 12.5. The number of rotatable bonds is 2. The average Bonchev–Trinajstić information content (AvgIpc) is 3.26. The maximum atomic E-state index is 12.5. The molecule has 3 heterocycles. The van der Waals surface area contributed by atoms with Crippen LogP contribution in [0.4, 0.5) is 0 Å². The molecular formula is C22H23N5O5. The van der Waals surface area contributed by atoms with E-state index in [-0.39, 0.29) is 30.5 Å². The first-order chi connectivity index (χ1) is 15.2. The van der Waals surface area contributed by atoms with Crippen LogP contribution in [0.2, 0.25) is 0 Å². The molecule has 0 spiro atoms. The molecule has 0 unspecified atom stereocenters. The van der Waals surface area contributed by atoms with E-state index in [2.05, 4.69) is 22.1 Å². The Balaban J connectivity index is 1.85. The molecule has 1 fully saturated rings. The molecule has 10 nitrogen and oxygen atoms in total. The van der Waals surface area contributed by atoms with E-state index in [0.717, 1.165) is 0 Å². The van der Waals surface area contributed by atoms with Crippen molar-refractivity contribution < 1.29 is 24.2 Å². The van der Waals surface area contributed by atoms with Crippen LogP contribution in [0.25, 0.3) is 11.4 Å². The number of ether oxygens (including phenoxy) is 1. The number of hydrogen-bond donors (Lipinski definition) is 3. The van der Waals surface area contributed by atoms with Crippen molar-refractivity contribution in [1.29, 1.82) is 0 Å². The molecule has 166 valence electrons. The number of amides is 3. The van der Waals surface area contributed by atoms with Crippen molar-refractivity contribution in [1.82, 2.24) is 19.8 Å². The molecule has 32 heavy (non-hydrogen) atoms. The number of nitrogens with zero attached hydrogens (tertiary/aromatic N) is 3. The van der Waals surface area contributed by atoms with Crippen molar-refractivity contribution in [3.05, 3.63) is 35.2 Å². The number of aromatic nitrogens is 2. The molecule has 2 aliphatic heterocycles. The third-order valence-electron chi connectivity index (χ3n) is 5.65. The molecule has 3 amide bonds. The summed E-state index contributed by atoms with van der Waals surface area (Å²) in [4.78, 5) is 42.6. The second-order valence-electron chi connectivity index (χ2n) is 7.90. The van der Waals surface area contributed by atoms with Gasteiger partial charge in [-0.05, 0) is 25.1 Å². The molecule has 0 aliphatic carbocycles. The fourth-order valence-electron chi connectivity index (χ4n) is 3.90. The van der Waals surface area contributed by atoms with Crippen molar-refractivity contribution in [2.75, 3.05) is 27.2 Å². The average molecular weight is 437 g/mol. The Morgan fingerprint density at radius 2 is 2.16 bits per heavy atom. The highest BCUT2D eigenvalue weighted by Gasteiger charge is 2.42. The Labute approximate surface area is 184 Å². The number of likely N-dealkylation sites (N-methyl/N-ethyl adjacent to an activating group) is 1. The molecule has 0 bridgehead atoms. The van der Waals surface area contributed by atoms with Gasteiger partial charge in [-0.2, -0.15) is 0 Å². The molecule has 2 atom stereocenters. The highest BCUT2D eigenvalue weighted by atomic mass is 16.5. The molecule has 1 saturated heterocycles. The SMILES string of the molecule is CNC(=O)c1c(C(N)=O)nc2n1[C@@H](C)COc1ccc(C#C[C@]3(O)CCN(C)C3=O)cc1-2. The van der Waals surface area contributed by atoms with Crippen LogP contribution in [0.3, 0.4) is 0 Å². The number of aliphatic hydroxyl groups is 1. The standard InChI is InChI=1S/C22H23N5O5/c1-12-11-32-15-5-4-13(6-7-22(31)8-9-26(3)21(22)30)10-14(15)19-25-16(18(23)28)17(27(12)19)20(29)24-2/h4-5,10,12,31H,8-9,11H2,1-3H3,(H2,23,28)(H,24,29)/t12-,22-/m0/s1. The normalized spacial score (nSPS) is 21.6. The lowest BCUT2D eigenvalue weighted by Crippen LogP contribution is -2.37. The van der Waals surface area contributed by atoms with Crippen LogP contribution in [-0.4, -0.2) is 70.1 Å². The van der Waals surface area contributed by atoms with E-state index in [0.29, 0.717) is 29.2 Å². The number of imidazole rings is 1. The molecule has 4 rings (SSSR count). The minimum absolute atomic E-state index is 0.0596. The monoisotopic (exact) mass is 437 g/mol. The molecule has 10 heteroatoms. The molecule has 1 aromatic carbocycles. The fraction of sp³-hybridized carbons (Fsp3) is 0.364. The Kier molecular flexibility index (Phi) is 5.14. The molecule has 1 aromatic heterocycles. The van der Waals surface area contributed by atoms with Crippen molar-refractivity contribution in [3.63, 3.8) is 0 Å². The van der Waals surface area contributed by atoms with E-state index in [1.165, 1.54) is 11.9 Å². The summed E-state index contributed by atoms with van der Waals surface area (Å²) >= 11 is 0. The second-order valence-corrected chi connectivity index (χ2v) is 7.90. The summed E-state index contributed by atoms with van der Waals surface area (Å²) in [6.07, 6.45) is 0.225. The third-order valence-corrected chi connectivity index (χ3v) is 5.65. The van der Waals surface area contributed by atoms with Gasteiger partial charge in [0.15, 0.2) is 5.69 Å². The van der Waals surface area contributed by atoms with Crippen LogP contribution in [0.5, 0.6) is 5.75 Å². The van der Waals surface area contributed by atoms with E-state index < -0.39 is 23.3 Å². The molecule has 0 radical (unpaired) electrons. The number of nitrogens with two attached hydrogens (primary N) is 1. The highest BCUT2D eigenvalue weighted by Crippen LogP contribution is 2.37. The molecule has 2 aliphatic rings. The van der Waals surface area contributed by atoms with Gasteiger partial charge in [-0.25, -0.2) is 4.98 Å². The van der Waals surface area contributed by atoms with Crippen molar-refractivity contribution in [3.8, 4) is 29.0 Å². The van der Waals surface area contributed by atoms with Gasteiger partial charge in [0.25, 0.3) is 17.7 Å². The smallest absolute Gasteiger partial charge is 0.270 e. The van der Waals surface area contributed by atoms with Crippen LogP contribution in [-0.2, 0) is 4.79 Å². The lowest BCUT2D eigenvalue weighted by molar-refractivity contribution is -0.137. The lowest BCUT2D eigenvalue weighted by atomic mass is 10.0. The minimum Gasteiger partial charge on any atom is -0.491 e. The van der Waals surface area contributed by atoms with Crippen molar-refractivity contribution >= 4 is 17.7 Å². The van der Waals surface area contributed by atoms with Gasteiger partial charge in [-0.1, -0.05) is 11.8 Å². The number of benzene rings is 1. The third kappa shape index (κ3) is 3.36. The van der Waals surface area contributed by atoms with Gasteiger partial charge in [-0.15, -0.1) is 0 Å². The summed E-state index contributed by atoms with van der Waals surface area (Å²) in [6.45, 7) is 2.51. The van der Waals surface area contributed by atoms with Crippen LogP contribution in [0.15, 0.2) is 18.2 Å². The van der Waals surface area contributed by atoms with E-state index in [1.54, 1.807) is 29.8 Å². The Morgan fingerprint density at radius 1 is 1.41 bits per heavy atom. The van der Waals surface area contributed by atoms with Gasteiger partial charge in [0.1, 0.15) is 23.9 Å². The number of primary amides is 1. The predicted molar refractivity (Wildman–Crippen MR) is 114 cm³/mol. The van der Waals surface area contributed by atoms with E-state index in [9.17, 15) is 19.5 Å². The minimum atomic E-state index is -1.73. The quantitative estimate of drug-likeness (QED) is 0.561. The van der Waals surface area contributed by atoms with Gasteiger partial charge in [0.05, 0.1) is 11.6 Å². The fourth-order valence-corrected chi connectivity index (χ4v) is 3.90. The van der Waals surface area contributed by atoms with Crippen LogP contribution >= 0.6 is 0 Å². The van der Waals surface area contributed by atoms with E-state index in [4.69, 9.17) is 10.5 Å². The van der Waals surface area contributed by atoms with Crippen molar-refractivity contribution in [2.24, 2.45) is 5.73 Å². The van der Waals surface area contributed by atoms with Gasteiger partial charge in [-0.3, -0.25) is 14.4 Å². The van der Waals surface area contributed by atoms with Crippen LogP contribution in [0, 0.1) is 11.8 Å². The van der Waals surface area contributed by atoms with Crippen LogP contribution < -0.4 is 15.8 Å². The summed E-state index contributed by atoms with van der Waals surface area (Å²) in [6, 6.07) is 4.78. The van der Waals surface area contributed by atoms with Gasteiger partial charge >= 0.3 is 0 Å². The maximum Gasteiger partial charge on any atom is 0.270 e. The number of nitrogens with one attached hydrogen (secondary N) is 1. The summed E-state index contributed by atoms with van der Waals surface area (Å²) in [7, 11) is 3.07. The first kappa shape index (κ1) is 21.4. The summed E-state index contributed by atoms with van der Waals surface area (Å²) < 4.78 is 7.52. The zero-order valence-electron chi connectivity index (χ0n) is 17.9. The topological polar surface area (TPSA) is 140 Å². The summed E-state index contributed by atoms with van der Waals surface area (Å²) in [5.74, 6) is 4.64. The van der Waals surface area contributed by atoms with Crippen LogP contribution in [0.1, 0.15) is 45.9 Å². The highest BCUT2D eigenvalue weighted by molar-refractivity contribution is 6.05. The van der Waals surface area contributed by atoms with Gasteiger partial charge < -0.3 is 30.4 Å². The summed E-state index contributed by atoms with van der Waals surface area (Å²) in [5, 5.41) is 13.1. The molecule has 2 aromatic rings. The second kappa shape index (κ2) is 7.69. The van der Waals surface area contributed by atoms with Crippen molar-refractivity contribution in [2.45, 2.75) is 25.0 Å². The predicted octanol–water partition coefficient (Wildman–Crippen LogP) is -0.0933. The number of carbonyl (C=O) groups excluding carboxylic acids is 3. The molecule has 0 saturated carbocycles.